The van der Waals surface area contributed by atoms with Crippen LogP contribution in [0.1, 0.15) is 36.5 Å². The first-order chi connectivity index (χ1) is 11.6. The van der Waals surface area contributed by atoms with Crippen LogP contribution in [0.2, 0.25) is 0 Å². The van der Waals surface area contributed by atoms with E-state index in [1.54, 1.807) is 24.9 Å². The zero-order valence-electron chi connectivity index (χ0n) is 14.1. The molecule has 1 amide bonds. The van der Waals surface area contributed by atoms with Crippen molar-refractivity contribution < 1.29 is 9.90 Å². The number of rotatable bonds is 5. The van der Waals surface area contributed by atoms with Gasteiger partial charge in [0, 0.05) is 36.2 Å². The molecule has 24 heavy (non-hydrogen) atoms. The Balaban J connectivity index is 1.84. The summed E-state index contributed by atoms with van der Waals surface area (Å²) >= 11 is 1.57. The molecule has 1 N–H and O–H groups in total. The first-order valence-corrected chi connectivity index (χ1v) is 9.49. The minimum Gasteiger partial charge on any atom is -0.393 e. The first-order valence-electron chi connectivity index (χ1n) is 8.27. The third-order valence-electron chi connectivity index (χ3n) is 4.41. The second kappa shape index (κ2) is 7.40. The summed E-state index contributed by atoms with van der Waals surface area (Å²) in [5.74, 6) is 0.0471. The summed E-state index contributed by atoms with van der Waals surface area (Å²) in [5.41, 5.74) is 1.62. The molecular weight excluding hydrogens is 322 g/mol. The van der Waals surface area contributed by atoms with E-state index in [-0.39, 0.29) is 18.1 Å². The Morgan fingerprint density at radius 2 is 2.33 bits per heavy atom. The van der Waals surface area contributed by atoms with Gasteiger partial charge in [-0.05, 0) is 50.6 Å². The topological polar surface area (TPSA) is 58.4 Å². The van der Waals surface area contributed by atoms with Gasteiger partial charge in [-0.25, -0.2) is 4.98 Å². The molecule has 2 heterocycles. The van der Waals surface area contributed by atoms with Gasteiger partial charge in [0.25, 0.3) is 5.91 Å². The van der Waals surface area contributed by atoms with Crippen LogP contribution in [-0.4, -0.2) is 50.4 Å². The number of carbonyl (C=O) groups excluding carboxylic acids is 1. The molecule has 0 spiro atoms. The Labute approximate surface area is 146 Å². The Bertz CT molecular complexity index is 714. The zero-order chi connectivity index (χ0) is 17.1. The summed E-state index contributed by atoms with van der Waals surface area (Å²) in [4.78, 5) is 19.2. The van der Waals surface area contributed by atoms with E-state index in [0.717, 1.165) is 30.2 Å². The zero-order valence-corrected chi connectivity index (χ0v) is 14.9. The minimum atomic E-state index is -0.384. The van der Waals surface area contributed by atoms with E-state index in [1.165, 1.54) is 0 Å². The van der Waals surface area contributed by atoms with E-state index in [1.807, 2.05) is 46.2 Å². The van der Waals surface area contributed by atoms with Crippen LogP contribution in [0.5, 0.6) is 0 Å². The number of aliphatic hydroxyl groups excluding tert-OH is 1. The van der Waals surface area contributed by atoms with E-state index >= 15 is 0 Å². The van der Waals surface area contributed by atoms with Gasteiger partial charge in [-0.1, -0.05) is 17.8 Å². The molecule has 2 aromatic rings. The van der Waals surface area contributed by atoms with Crippen molar-refractivity contribution in [2.24, 2.45) is 0 Å². The Kier molecular flexibility index (Phi) is 5.26. The third-order valence-corrected chi connectivity index (χ3v) is 5.08. The number of hydrogen-bond acceptors (Lipinski definition) is 4. The summed E-state index contributed by atoms with van der Waals surface area (Å²) in [6.45, 7) is 2.55. The number of carbonyl (C=O) groups is 1. The molecule has 6 heteroatoms. The molecule has 0 bridgehead atoms. The van der Waals surface area contributed by atoms with E-state index in [9.17, 15) is 9.90 Å². The SMILES string of the molecule is CSc1nccn1-c1cccc(C(=O)N2CCCC2CC(C)O)c1. The lowest BCUT2D eigenvalue weighted by molar-refractivity contribution is 0.0682. The molecule has 3 rings (SSSR count). The fourth-order valence-corrected chi connectivity index (χ4v) is 3.86. The van der Waals surface area contributed by atoms with E-state index in [4.69, 9.17) is 0 Å². The van der Waals surface area contributed by atoms with Gasteiger partial charge in [-0.2, -0.15) is 0 Å². The van der Waals surface area contributed by atoms with Crippen molar-refractivity contribution >= 4 is 17.7 Å². The molecule has 0 radical (unpaired) electrons. The summed E-state index contributed by atoms with van der Waals surface area (Å²) < 4.78 is 1.98. The average molecular weight is 345 g/mol. The summed E-state index contributed by atoms with van der Waals surface area (Å²) in [5, 5.41) is 10.6. The fraction of sp³-hybridized carbons (Fsp3) is 0.444. The molecule has 1 fully saturated rings. The normalized spacial score (nSPS) is 18.8. The number of likely N-dealkylation sites (tertiary alicyclic amines) is 1. The molecule has 1 aromatic carbocycles. The van der Waals surface area contributed by atoms with Crippen LogP contribution in [0.15, 0.2) is 41.8 Å². The molecule has 1 aromatic heterocycles. The monoisotopic (exact) mass is 345 g/mol. The Hall–Kier alpha value is -1.79. The van der Waals surface area contributed by atoms with E-state index < -0.39 is 0 Å². The molecule has 1 aliphatic heterocycles. The van der Waals surface area contributed by atoms with Gasteiger partial charge < -0.3 is 10.0 Å². The van der Waals surface area contributed by atoms with Gasteiger partial charge in [-0.15, -0.1) is 0 Å². The van der Waals surface area contributed by atoms with Crippen molar-refractivity contribution in [2.75, 3.05) is 12.8 Å². The predicted octanol–water partition coefficient (Wildman–Crippen LogP) is 2.97. The lowest BCUT2D eigenvalue weighted by Crippen LogP contribution is -2.37. The lowest BCUT2D eigenvalue weighted by Gasteiger charge is -2.26. The second-order valence-electron chi connectivity index (χ2n) is 6.21. The highest BCUT2D eigenvalue weighted by molar-refractivity contribution is 7.98. The lowest BCUT2D eigenvalue weighted by atomic mass is 10.1. The van der Waals surface area contributed by atoms with Crippen LogP contribution in [0, 0.1) is 0 Å². The van der Waals surface area contributed by atoms with Gasteiger partial charge in [-0.3, -0.25) is 9.36 Å². The van der Waals surface area contributed by atoms with Crippen molar-refractivity contribution in [2.45, 2.75) is 43.5 Å². The van der Waals surface area contributed by atoms with Gasteiger partial charge in [0.15, 0.2) is 5.16 Å². The molecule has 128 valence electrons. The van der Waals surface area contributed by atoms with Crippen LogP contribution >= 0.6 is 11.8 Å². The summed E-state index contributed by atoms with van der Waals surface area (Å²) in [7, 11) is 0. The maximum atomic E-state index is 12.9. The molecule has 2 atom stereocenters. The maximum Gasteiger partial charge on any atom is 0.254 e. The average Bonchev–Trinajstić information content (AvgIpc) is 3.22. The van der Waals surface area contributed by atoms with E-state index in [2.05, 4.69) is 4.98 Å². The second-order valence-corrected chi connectivity index (χ2v) is 6.99. The number of hydrogen-bond donors (Lipinski definition) is 1. The highest BCUT2D eigenvalue weighted by Gasteiger charge is 2.30. The van der Waals surface area contributed by atoms with E-state index in [0.29, 0.717) is 12.0 Å². The Morgan fingerprint density at radius 1 is 1.50 bits per heavy atom. The number of nitrogens with zero attached hydrogens (tertiary/aromatic N) is 3. The van der Waals surface area contributed by atoms with Crippen LogP contribution < -0.4 is 0 Å². The number of amides is 1. The number of thioether (sulfide) groups is 1. The number of imidazole rings is 1. The Morgan fingerprint density at radius 3 is 3.08 bits per heavy atom. The van der Waals surface area contributed by atoms with Gasteiger partial charge in [0.05, 0.1) is 6.10 Å². The number of aliphatic hydroxyl groups is 1. The molecule has 0 aliphatic carbocycles. The van der Waals surface area contributed by atoms with Gasteiger partial charge in [0.2, 0.25) is 0 Å². The number of aromatic nitrogens is 2. The fourth-order valence-electron chi connectivity index (χ4n) is 3.33. The molecule has 1 saturated heterocycles. The summed E-state index contributed by atoms with van der Waals surface area (Å²) in [6.07, 6.45) is 7.88. The molecule has 2 unspecified atom stereocenters. The highest BCUT2D eigenvalue weighted by Crippen LogP contribution is 2.25. The van der Waals surface area contributed by atoms with Crippen molar-refractivity contribution in [3.05, 3.63) is 42.2 Å². The predicted molar refractivity (Wildman–Crippen MR) is 95.7 cm³/mol. The molecule has 5 nitrogen and oxygen atoms in total. The molecular formula is C18H23N3O2S. The van der Waals surface area contributed by atoms with Crippen molar-refractivity contribution in [3.8, 4) is 5.69 Å². The van der Waals surface area contributed by atoms with Gasteiger partial charge in [0.1, 0.15) is 0 Å². The molecule has 1 aliphatic rings. The van der Waals surface area contributed by atoms with Crippen LogP contribution in [0.25, 0.3) is 5.69 Å². The van der Waals surface area contributed by atoms with Crippen LogP contribution in [-0.2, 0) is 0 Å². The number of benzene rings is 1. The molecule has 0 saturated carbocycles. The largest absolute Gasteiger partial charge is 0.393 e. The highest BCUT2D eigenvalue weighted by atomic mass is 32.2. The quantitative estimate of drug-likeness (QED) is 0.847. The third kappa shape index (κ3) is 3.49. The first kappa shape index (κ1) is 17.0. The maximum absolute atomic E-state index is 12.9. The van der Waals surface area contributed by atoms with Gasteiger partial charge >= 0.3 is 0 Å². The van der Waals surface area contributed by atoms with Crippen molar-refractivity contribution in [3.63, 3.8) is 0 Å². The van der Waals surface area contributed by atoms with Crippen molar-refractivity contribution in [1.29, 1.82) is 0 Å². The van der Waals surface area contributed by atoms with Crippen molar-refractivity contribution in [1.82, 2.24) is 14.5 Å². The standard InChI is InChI=1S/C18H23N3O2S/c1-13(22)11-15-7-4-9-20(15)17(23)14-5-3-6-16(12-14)21-10-8-19-18(21)24-2/h3,5-6,8,10,12-13,15,22H,4,7,9,11H2,1-2H3. The van der Waals surface area contributed by atoms with Crippen LogP contribution in [0.4, 0.5) is 0 Å². The van der Waals surface area contributed by atoms with Crippen LogP contribution in [0.3, 0.4) is 0 Å². The summed E-state index contributed by atoms with van der Waals surface area (Å²) in [6, 6.07) is 7.80. The smallest absolute Gasteiger partial charge is 0.254 e. The minimum absolute atomic E-state index is 0.0471.